The van der Waals surface area contributed by atoms with Crippen LogP contribution in [0.3, 0.4) is 0 Å². The zero-order valence-electron chi connectivity index (χ0n) is 12.8. The number of halogens is 1. The Balaban J connectivity index is 1.57. The van der Waals surface area contributed by atoms with Crippen molar-refractivity contribution in [2.45, 2.75) is 18.9 Å². The van der Waals surface area contributed by atoms with Crippen molar-refractivity contribution in [1.29, 1.82) is 0 Å². The van der Waals surface area contributed by atoms with Crippen LogP contribution in [0.5, 0.6) is 0 Å². The van der Waals surface area contributed by atoms with Gasteiger partial charge in [0.2, 0.25) is 0 Å². The minimum atomic E-state index is -0.0574. The molecule has 1 atom stereocenters. The number of rotatable bonds is 3. The molecule has 2 aromatic heterocycles. The fraction of sp³-hybridized carbons (Fsp3) is 0.222. The highest BCUT2D eigenvalue weighted by molar-refractivity contribution is 9.10. The maximum atomic E-state index is 12.9. The molecule has 1 saturated heterocycles. The fourth-order valence-corrected chi connectivity index (χ4v) is 4.20. The summed E-state index contributed by atoms with van der Waals surface area (Å²) in [6.45, 7) is 0.766. The standard InChI is InChI=1S/C18H15BrN2O2S/c19-13-7-5-12(6-8-13)16-11-14(20-23-16)18(22)21-9-1-3-15(21)17-4-2-10-24-17/h2,4-8,10-11,15H,1,3,9H2/t15-/m1/s1. The number of amides is 1. The highest BCUT2D eigenvalue weighted by Gasteiger charge is 2.32. The fourth-order valence-electron chi connectivity index (χ4n) is 3.06. The van der Waals surface area contributed by atoms with E-state index in [2.05, 4.69) is 32.5 Å². The van der Waals surface area contributed by atoms with Gasteiger partial charge in [-0.25, -0.2) is 0 Å². The van der Waals surface area contributed by atoms with E-state index >= 15 is 0 Å². The Morgan fingerprint density at radius 1 is 1.29 bits per heavy atom. The summed E-state index contributed by atoms with van der Waals surface area (Å²) >= 11 is 5.11. The van der Waals surface area contributed by atoms with Crippen LogP contribution in [0.25, 0.3) is 11.3 Å². The van der Waals surface area contributed by atoms with Crippen LogP contribution in [-0.2, 0) is 0 Å². The maximum Gasteiger partial charge on any atom is 0.276 e. The van der Waals surface area contributed by atoms with Gasteiger partial charge in [-0.15, -0.1) is 11.3 Å². The molecule has 1 aliphatic rings. The van der Waals surface area contributed by atoms with Gasteiger partial charge in [0.15, 0.2) is 11.5 Å². The van der Waals surface area contributed by atoms with Crippen LogP contribution in [0.1, 0.15) is 34.2 Å². The van der Waals surface area contributed by atoms with Gasteiger partial charge < -0.3 is 9.42 Å². The molecular weight excluding hydrogens is 388 g/mol. The summed E-state index contributed by atoms with van der Waals surface area (Å²) in [5, 5.41) is 6.05. The molecule has 1 aromatic carbocycles. The van der Waals surface area contributed by atoms with Crippen molar-refractivity contribution in [1.82, 2.24) is 10.1 Å². The number of benzene rings is 1. The number of aromatic nitrogens is 1. The van der Waals surface area contributed by atoms with Crippen molar-refractivity contribution in [3.05, 3.63) is 62.9 Å². The first-order valence-corrected chi connectivity index (χ1v) is 9.46. The number of thiophene rings is 1. The van der Waals surface area contributed by atoms with Crippen LogP contribution in [-0.4, -0.2) is 22.5 Å². The van der Waals surface area contributed by atoms with E-state index < -0.39 is 0 Å². The maximum absolute atomic E-state index is 12.9. The second-order valence-electron chi connectivity index (χ2n) is 5.76. The van der Waals surface area contributed by atoms with Gasteiger partial charge in [0.25, 0.3) is 5.91 Å². The molecule has 4 rings (SSSR count). The average molecular weight is 403 g/mol. The van der Waals surface area contributed by atoms with Crippen LogP contribution in [0.4, 0.5) is 0 Å². The minimum absolute atomic E-state index is 0.0574. The second kappa shape index (κ2) is 6.53. The Hall–Kier alpha value is -1.92. The molecule has 1 fully saturated rings. The smallest absolute Gasteiger partial charge is 0.276 e. The molecule has 3 aromatic rings. The lowest BCUT2D eigenvalue weighted by molar-refractivity contribution is 0.0727. The third-order valence-corrected chi connectivity index (χ3v) is 5.75. The van der Waals surface area contributed by atoms with Crippen LogP contribution in [0.15, 0.2) is 56.8 Å². The molecule has 1 amide bonds. The summed E-state index contributed by atoms with van der Waals surface area (Å²) in [7, 11) is 0. The van der Waals surface area contributed by atoms with E-state index in [1.54, 1.807) is 17.4 Å². The third-order valence-electron chi connectivity index (χ3n) is 4.24. The van der Waals surface area contributed by atoms with Gasteiger partial charge in [-0.1, -0.05) is 39.3 Å². The normalized spacial score (nSPS) is 17.4. The molecule has 6 heteroatoms. The highest BCUT2D eigenvalue weighted by Crippen LogP contribution is 2.35. The Morgan fingerprint density at radius 3 is 2.88 bits per heavy atom. The molecule has 0 spiro atoms. The van der Waals surface area contributed by atoms with Gasteiger partial charge in [0, 0.05) is 27.5 Å². The summed E-state index contributed by atoms with van der Waals surface area (Å²) in [4.78, 5) is 16.0. The Labute approximate surface area is 152 Å². The van der Waals surface area contributed by atoms with Crippen LogP contribution in [0, 0.1) is 0 Å². The first-order chi connectivity index (χ1) is 11.7. The SMILES string of the molecule is O=C(c1cc(-c2ccc(Br)cc2)on1)N1CCC[C@@H]1c1cccs1. The molecule has 0 aliphatic carbocycles. The Kier molecular flexibility index (Phi) is 4.24. The number of likely N-dealkylation sites (tertiary alicyclic amines) is 1. The van der Waals surface area contributed by atoms with Crippen molar-refractivity contribution in [2.24, 2.45) is 0 Å². The molecule has 3 heterocycles. The number of carbonyl (C=O) groups is 1. The first kappa shape index (κ1) is 15.6. The molecule has 0 radical (unpaired) electrons. The lowest BCUT2D eigenvalue weighted by Gasteiger charge is -2.22. The average Bonchev–Trinajstić information content (AvgIpc) is 3.34. The summed E-state index contributed by atoms with van der Waals surface area (Å²) in [5.41, 5.74) is 1.28. The first-order valence-electron chi connectivity index (χ1n) is 7.79. The van der Waals surface area contributed by atoms with E-state index in [0.717, 1.165) is 29.4 Å². The zero-order chi connectivity index (χ0) is 16.5. The Bertz CT molecular complexity index is 842. The van der Waals surface area contributed by atoms with Crippen LogP contribution >= 0.6 is 27.3 Å². The number of hydrogen-bond donors (Lipinski definition) is 0. The predicted octanol–water partition coefficient (Wildman–Crippen LogP) is 5.14. The predicted molar refractivity (Wildman–Crippen MR) is 97.0 cm³/mol. The van der Waals surface area contributed by atoms with Gasteiger partial charge in [-0.2, -0.15) is 0 Å². The number of nitrogens with zero attached hydrogens (tertiary/aromatic N) is 2. The zero-order valence-corrected chi connectivity index (χ0v) is 15.2. The van der Waals surface area contributed by atoms with Crippen molar-refractivity contribution in [2.75, 3.05) is 6.54 Å². The lowest BCUT2D eigenvalue weighted by Crippen LogP contribution is -2.30. The summed E-state index contributed by atoms with van der Waals surface area (Å²) in [5.74, 6) is 0.552. The van der Waals surface area contributed by atoms with Crippen molar-refractivity contribution in [3.63, 3.8) is 0 Å². The quantitative estimate of drug-likeness (QED) is 0.608. The van der Waals surface area contributed by atoms with Gasteiger partial charge in [0.1, 0.15) is 0 Å². The van der Waals surface area contributed by atoms with Crippen molar-refractivity contribution >= 4 is 33.2 Å². The van der Waals surface area contributed by atoms with E-state index in [1.807, 2.05) is 35.2 Å². The molecule has 0 N–H and O–H groups in total. The van der Waals surface area contributed by atoms with E-state index in [-0.39, 0.29) is 11.9 Å². The molecule has 0 unspecified atom stereocenters. The van der Waals surface area contributed by atoms with E-state index in [4.69, 9.17) is 4.52 Å². The largest absolute Gasteiger partial charge is 0.355 e. The van der Waals surface area contributed by atoms with Crippen LogP contribution < -0.4 is 0 Å². The molecule has 0 saturated carbocycles. The van der Waals surface area contributed by atoms with Crippen molar-refractivity contribution < 1.29 is 9.32 Å². The molecule has 0 bridgehead atoms. The van der Waals surface area contributed by atoms with E-state index in [9.17, 15) is 4.79 Å². The van der Waals surface area contributed by atoms with E-state index in [1.165, 1.54) is 4.88 Å². The van der Waals surface area contributed by atoms with Crippen LogP contribution in [0.2, 0.25) is 0 Å². The number of hydrogen-bond acceptors (Lipinski definition) is 4. The summed E-state index contributed by atoms with van der Waals surface area (Å²) < 4.78 is 6.39. The lowest BCUT2D eigenvalue weighted by atomic mass is 10.1. The Morgan fingerprint density at radius 2 is 2.12 bits per heavy atom. The van der Waals surface area contributed by atoms with Crippen molar-refractivity contribution in [3.8, 4) is 11.3 Å². The second-order valence-corrected chi connectivity index (χ2v) is 7.65. The minimum Gasteiger partial charge on any atom is -0.355 e. The van der Waals surface area contributed by atoms with Gasteiger partial charge in [-0.3, -0.25) is 4.79 Å². The summed E-state index contributed by atoms with van der Waals surface area (Å²) in [6.07, 6.45) is 2.02. The highest BCUT2D eigenvalue weighted by atomic mass is 79.9. The number of carbonyl (C=O) groups excluding carboxylic acids is 1. The molecule has 24 heavy (non-hydrogen) atoms. The van der Waals surface area contributed by atoms with Gasteiger partial charge in [0.05, 0.1) is 6.04 Å². The molecule has 1 aliphatic heterocycles. The van der Waals surface area contributed by atoms with Gasteiger partial charge in [-0.05, 0) is 36.4 Å². The molecular formula is C18H15BrN2O2S. The van der Waals surface area contributed by atoms with Gasteiger partial charge >= 0.3 is 0 Å². The third kappa shape index (κ3) is 2.91. The van der Waals surface area contributed by atoms with E-state index in [0.29, 0.717) is 11.5 Å². The topological polar surface area (TPSA) is 46.3 Å². The summed E-state index contributed by atoms with van der Waals surface area (Å²) in [6, 6.07) is 13.8. The molecule has 122 valence electrons. The molecule has 4 nitrogen and oxygen atoms in total. The monoisotopic (exact) mass is 402 g/mol.